The Morgan fingerprint density at radius 2 is 1.53 bits per heavy atom. The van der Waals surface area contributed by atoms with Crippen LogP contribution in [-0.2, 0) is 6.54 Å². The van der Waals surface area contributed by atoms with Crippen LogP contribution in [0, 0.1) is 0 Å². The molecule has 1 amide bonds. The monoisotopic (exact) mass is 476 g/mol. The van der Waals surface area contributed by atoms with Crippen LogP contribution in [0.2, 0.25) is 0 Å². The lowest BCUT2D eigenvalue weighted by atomic mass is 10.1. The van der Waals surface area contributed by atoms with Crippen molar-refractivity contribution in [2.45, 2.75) is 27.3 Å². The highest BCUT2D eigenvalue weighted by molar-refractivity contribution is 7.22. The minimum Gasteiger partial charge on any atom is -0.492 e. The van der Waals surface area contributed by atoms with E-state index in [0.717, 1.165) is 15.8 Å². The highest BCUT2D eigenvalue weighted by atomic mass is 32.1. The lowest BCUT2D eigenvalue weighted by molar-refractivity contribution is 0.0984. The van der Waals surface area contributed by atoms with Crippen molar-refractivity contribution in [1.29, 1.82) is 0 Å². The first kappa shape index (κ1) is 23.6. The summed E-state index contributed by atoms with van der Waals surface area (Å²) in [5.41, 5.74) is 2.28. The zero-order valence-electron chi connectivity index (χ0n) is 19.6. The molecule has 0 aliphatic carbocycles. The van der Waals surface area contributed by atoms with Gasteiger partial charge in [-0.15, -0.1) is 0 Å². The van der Waals surface area contributed by atoms with Crippen LogP contribution < -0.4 is 19.1 Å². The van der Waals surface area contributed by atoms with Crippen LogP contribution in [0.5, 0.6) is 17.2 Å². The van der Waals surface area contributed by atoms with Gasteiger partial charge in [0.2, 0.25) is 0 Å². The molecule has 176 valence electrons. The molecule has 34 heavy (non-hydrogen) atoms. The summed E-state index contributed by atoms with van der Waals surface area (Å²) in [6.07, 6.45) is 0. The van der Waals surface area contributed by atoms with E-state index < -0.39 is 0 Å². The molecule has 0 radical (unpaired) electrons. The lowest BCUT2D eigenvalue weighted by Gasteiger charge is -2.21. The third kappa shape index (κ3) is 5.15. The molecule has 6 nitrogen and oxygen atoms in total. The van der Waals surface area contributed by atoms with Gasteiger partial charge in [0.15, 0.2) is 16.6 Å². The summed E-state index contributed by atoms with van der Waals surface area (Å²) in [6.45, 7) is 7.69. The van der Waals surface area contributed by atoms with Gasteiger partial charge in [-0.05, 0) is 56.7 Å². The zero-order valence-corrected chi connectivity index (χ0v) is 20.4. The van der Waals surface area contributed by atoms with Crippen molar-refractivity contribution in [3.8, 4) is 17.2 Å². The SMILES string of the molecule is CCOc1ccc(C(=O)N(Cc2ccccc2)c2nc3c(OCC)cccc3s2)cc1OCC. The Hall–Kier alpha value is -3.58. The minimum atomic E-state index is -0.162. The quantitative estimate of drug-likeness (QED) is 0.267. The number of ether oxygens (including phenoxy) is 3. The second kappa shape index (κ2) is 11.0. The van der Waals surface area contributed by atoms with Crippen molar-refractivity contribution >= 4 is 32.6 Å². The van der Waals surface area contributed by atoms with Gasteiger partial charge >= 0.3 is 0 Å². The van der Waals surface area contributed by atoms with Gasteiger partial charge in [0, 0.05) is 5.56 Å². The Morgan fingerprint density at radius 1 is 0.824 bits per heavy atom. The predicted molar refractivity (Wildman–Crippen MR) is 137 cm³/mol. The van der Waals surface area contributed by atoms with Gasteiger partial charge < -0.3 is 14.2 Å². The van der Waals surface area contributed by atoms with Gasteiger partial charge in [-0.1, -0.05) is 47.7 Å². The van der Waals surface area contributed by atoms with E-state index in [1.54, 1.807) is 23.1 Å². The van der Waals surface area contributed by atoms with Gasteiger partial charge in [-0.25, -0.2) is 4.98 Å². The van der Waals surface area contributed by atoms with Crippen LogP contribution >= 0.6 is 11.3 Å². The number of para-hydroxylation sites is 1. The minimum absolute atomic E-state index is 0.162. The van der Waals surface area contributed by atoms with Crippen LogP contribution in [0.3, 0.4) is 0 Å². The molecule has 0 aliphatic rings. The highest BCUT2D eigenvalue weighted by Gasteiger charge is 2.24. The Balaban J connectivity index is 1.76. The number of amides is 1. The normalized spacial score (nSPS) is 10.8. The first-order chi connectivity index (χ1) is 16.6. The number of benzene rings is 3. The van der Waals surface area contributed by atoms with Crippen molar-refractivity contribution in [1.82, 2.24) is 4.98 Å². The third-order valence-corrected chi connectivity index (χ3v) is 6.16. The molecule has 4 aromatic rings. The largest absolute Gasteiger partial charge is 0.492 e. The van der Waals surface area contributed by atoms with E-state index >= 15 is 0 Å². The number of hydrogen-bond donors (Lipinski definition) is 0. The van der Waals surface area contributed by atoms with Crippen molar-refractivity contribution < 1.29 is 19.0 Å². The van der Waals surface area contributed by atoms with E-state index in [1.165, 1.54) is 11.3 Å². The summed E-state index contributed by atoms with van der Waals surface area (Å²) in [5, 5.41) is 0.614. The average Bonchev–Trinajstić information content (AvgIpc) is 3.29. The number of fused-ring (bicyclic) bond motifs is 1. The van der Waals surface area contributed by atoms with Gasteiger partial charge in [0.05, 0.1) is 31.1 Å². The number of hydrogen-bond acceptors (Lipinski definition) is 6. The van der Waals surface area contributed by atoms with E-state index in [2.05, 4.69) is 0 Å². The fraction of sp³-hybridized carbons (Fsp3) is 0.259. The first-order valence-corrected chi connectivity index (χ1v) is 12.2. The van der Waals surface area contributed by atoms with Crippen molar-refractivity contribution in [3.63, 3.8) is 0 Å². The molecule has 3 aromatic carbocycles. The third-order valence-electron chi connectivity index (χ3n) is 5.12. The molecule has 1 heterocycles. The summed E-state index contributed by atoms with van der Waals surface area (Å²) in [6, 6.07) is 21.0. The molecule has 0 saturated carbocycles. The molecule has 1 aromatic heterocycles. The first-order valence-electron chi connectivity index (χ1n) is 11.4. The molecule has 0 N–H and O–H groups in total. The maximum Gasteiger partial charge on any atom is 0.260 e. The Morgan fingerprint density at radius 3 is 2.26 bits per heavy atom. The molecule has 0 atom stereocenters. The molecular formula is C27H28N2O4S. The van der Waals surface area contributed by atoms with Crippen molar-refractivity contribution in [3.05, 3.63) is 77.9 Å². The Bertz CT molecular complexity index is 1260. The molecule has 0 saturated heterocycles. The van der Waals surface area contributed by atoms with Crippen LogP contribution in [0.4, 0.5) is 5.13 Å². The smallest absolute Gasteiger partial charge is 0.260 e. The number of thiazole rings is 1. The molecule has 7 heteroatoms. The summed E-state index contributed by atoms with van der Waals surface area (Å²) >= 11 is 1.47. The average molecular weight is 477 g/mol. The number of carbonyl (C=O) groups is 1. The topological polar surface area (TPSA) is 60.9 Å². The Kier molecular flexibility index (Phi) is 7.65. The second-order valence-electron chi connectivity index (χ2n) is 7.44. The zero-order chi connectivity index (χ0) is 23.9. The number of rotatable bonds is 10. The van der Waals surface area contributed by atoms with Crippen LogP contribution in [-0.4, -0.2) is 30.7 Å². The Labute approximate surface area is 203 Å². The van der Waals surface area contributed by atoms with Gasteiger partial charge in [0.25, 0.3) is 5.91 Å². The fourth-order valence-corrected chi connectivity index (χ4v) is 4.61. The molecule has 0 aliphatic heterocycles. The van der Waals surface area contributed by atoms with E-state index in [4.69, 9.17) is 19.2 Å². The van der Waals surface area contributed by atoms with Crippen LogP contribution in [0.15, 0.2) is 66.7 Å². The second-order valence-corrected chi connectivity index (χ2v) is 8.45. The summed E-state index contributed by atoms with van der Waals surface area (Å²) in [5.74, 6) is 1.73. The molecule has 0 unspecified atom stereocenters. The summed E-state index contributed by atoms with van der Waals surface area (Å²) in [7, 11) is 0. The van der Waals surface area contributed by atoms with E-state index in [0.29, 0.717) is 54.3 Å². The number of anilines is 1. The molecule has 4 rings (SSSR count). The van der Waals surface area contributed by atoms with Crippen LogP contribution in [0.25, 0.3) is 10.2 Å². The van der Waals surface area contributed by atoms with E-state index in [1.807, 2.05) is 69.3 Å². The predicted octanol–water partition coefficient (Wildman–Crippen LogP) is 6.34. The van der Waals surface area contributed by atoms with E-state index in [9.17, 15) is 4.79 Å². The van der Waals surface area contributed by atoms with Gasteiger partial charge in [-0.3, -0.25) is 9.69 Å². The van der Waals surface area contributed by atoms with E-state index in [-0.39, 0.29) is 5.91 Å². The number of nitrogens with zero attached hydrogens (tertiary/aromatic N) is 2. The van der Waals surface area contributed by atoms with Gasteiger partial charge in [-0.2, -0.15) is 0 Å². The fourth-order valence-electron chi connectivity index (χ4n) is 3.63. The molecule has 0 spiro atoms. The standard InChI is InChI=1S/C27H28N2O4S/c1-4-31-21-16-15-20(17-23(21)33-6-3)26(30)29(18-19-11-8-7-9-12-19)27-28-25-22(32-5-2)13-10-14-24(25)34-27/h7-17H,4-6,18H2,1-3H3. The van der Waals surface area contributed by atoms with Crippen molar-refractivity contribution in [2.75, 3.05) is 24.7 Å². The van der Waals surface area contributed by atoms with Crippen LogP contribution in [0.1, 0.15) is 36.7 Å². The molecule has 0 fully saturated rings. The number of carbonyl (C=O) groups excluding carboxylic acids is 1. The summed E-state index contributed by atoms with van der Waals surface area (Å²) < 4.78 is 18.1. The molecule has 0 bridgehead atoms. The highest BCUT2D eigenvalue weighted by Crippen LogP contribution is 2.36. The maximum absolute atomic E-state index is 13.8. The van der Waals surface area contributed by atoms with Gasteiger partial charge in [0.1, 0.15) is 11.3 Å². The maximum atomic E-state index is 13.8. The summed E-state index contributed by atoms with van der Waals surface area (Å²) in [4.78, 5) is 20.4. The molecular weight excluding hydrogens is 448 g/mol. The van der Waals surface area contributed by atoms with Crippen molar-refractivity contribution in [2.24, 2.45) is 0 Å². The lowest BCUT2D eigenvalue weighted by Crippen LogP contribution is -2.30. The number of aromatic nitrogens is 1.